The lowest BCUT2D eigenvalue weighted by Gasteiger charge is -2.47. The van der Waals surface area contributed by atoms with Gasteiger partial charge in [0.25, 0.3) is 0 Å². The van der Waals surface area contributed by atoms with Crippen molar-refractivity contribution in [3.8, 4) is 11.5 Å². The fourth-order valence-electron chi connectivity index (χ4n) is 8.95. The largest absolute Gasteiger partial charge is 0.488 e. The van der Waals surface area contributed by atoms with Crippen LogP contribution in [0.2, 0.25) is 0 Å². The molecule has 0 spiro atoms. The van der Waals surface area contributed by atoms with Crippen LogP contribution in [0.15, 0.2) is 83.0 Å². The van der Waals surface area contributed by atoms with E-state index in [0.29, 0.717) is 165 Å². The number of allylic oxidation sites excluding steroid dienone is 4. The van der Waals surface area contributed by atoms with Gasteiger partial charge in [0.05, 0.1) is 181 Å². The Morgan fingerprint density at radius 3 is 0.889 bits per heavy atom. The van der Waals surface area contributed by atoms with Gasteiger partial charge in [-0.25, -0.2) is 0 Å². The van der Waals surface area contributed by atoms with Crippen molar-refractivity contribution in [2.75, 3.05) is 172 Å². The van der Waals surface area contributed by atoms with Gasteiger partial charge in [-0.3, -0.25) is 0 Å². The minimum atomic E-state index is -5.68. The summed E-state index contributed by atoms with van der Waals surface area (Å²) in [6.07, 6.45) is 2.01. The molecule has 2 heterocycles. The Balaban J connectivity index is 0.931. The molecule has 6 rings (SSSR count). The summed E-state index contributed by atoms with van der Waals surface area (Å²) in [6.45, 7) is 16.0. The van der Waals surface area contributed by atoms with Crippen molar-refractivity contribution in [1.82, 2.24) is 0 Å². The molecule has 81 heavy (non-hydrogen) atoms. The van der Waals surface area contributed by atoms with Crippen LogP contribution in [0.1, 0.15) is 38.8 Å². The number of hydrogen-bond donors (Lipinski definition) is 2. The smallest absolute Gasteiger partial charge is 0.380 e. The summed E-state index contributed by atoms with van der Waals surface area (Å²) in [4.78, 5) is 0.914. The predicted molar refractivity (Wildman–Crippen MR) is 294 cm³/mol. The average molecular weight is 1200 g/mol. The summed E-state index contributed by atoms with van der Waals surface area (Å²) in [5, 5.41) is 17.3. The number of rotatable bonds is 44. The van der Waals surface area contributed by atoms with Crippen molar-refractivity contribution < 1.29 is 103 Å². The molecular weight excluding hydrogens is 1120 g/mol. The maximum Gasteiger partial charge on any atom is 0.380 e. The summed E-state index contributed by atoms with van der Waals surface area (Å²) in [7, 11) is 0. The molecule has 0 amide bonds. The number of halogens is 6. The fourth-order valence-corrected chi connectivity index (χ4v) is 12.1. The minimum Gasteiger partial charge on any atom is -0.488 e. The van der Waals surface area contributed by atoms with Gasteiger partial charge in [0, 0.05) is 21.0 Å². The Morgan fingerprint density at radius 2 is 0.630 bits per heavy atom. The van der Waals surface area contributed by atoms with Crippen LogP contribution in [0.25, 0.3) is 9.81 Å². The monoisotopic (exact) mass is 1200 g/mol. The molecule has 1 saturated carbocycles. The third kappa shape index (κ3) is 18.1. The van der Waals surface area contributed by atoms with Crippen molar-refractivity contribution in [2.24, 2.45) is 0 Å². The van der Waals surface area contributed by atoms with E-state index in [0.717, 1.165) is 0 Å². The maximum atomic E-state index is 16.1. The summed E-state index contributed by atoms with van der Waals surface area (Å²) in [6, 6.07) is 13.6. The maximum absolute atomic E-state index is 16.1. The van der Waals surface area contributed by atoms with Crippen LogP contribution in [0, 0.1) is 0 Å². The average Bonchev–Trinajstić information content (AvgIpc) is 3.97. The molecule has 0 aromatic heterocycles. The van der Waals surface area contributed by atoms with E-state index in [1.165, 1.54) is 35.7 Å². The van der Waals surface area contributed by atoms with E-state index in [1.807, 2.05) is 13.8 Å². The number of hydrogen-bond acceptors (Lipinski definition) is 18. The van der Waals surface area contributed by atoms with Crippen LogP contribution < -0.4 is 9.47 Å². The highest BCUT2D eigenvalue weighted by Crippen LogP contribution is 2.75. The normalized spacial score (nSPS) is 21.2. The first-order valence-electron chi connectivity index (χ1n) is 27.2. The zero-order valence-corrected chi connectivity index (χ0v) is 48.1. The van der Waals surface area contributed by atoms with E-state index < -0.39 is 38.4 Å². The van der Waals surface area contributed by atoms with Crippen molar-refractivity contribution >= 4 is 33.3 Å². The van der Waals surface area contributed by atoms with Crippen LogP contribution in [0.3, 0.4) is 0 Å². The van der Waals surface area contributed by atoms with E-state index in [-0.39, 0.29) is 63.0 Å². The summed E-state index contributed by atoms with van der Waals surface area (Å²) in [5.74, 6) is -15.0. The number of aliphatic hydroxyl groups is 2. The Bertz CT molecular complexity index is 2170. The van der Waals surface area contributed by atoms with Gasteiger partial charge in [-0.15, -0.1) is 23.5 Å². The van der Waals surface area contributed by atoms with Crippen LogP contribution in [-0.4, -0.2) is 221 Å². The molecule has 1 fully saturated rings. The van der Waals surface area contributed by atoms with Gasteiger partial charge in [0.1, 0.15) is 23.7 Å². The lowest BCUT2D eigenvalue weighted by Crippen LogP contribution is -2.48. The zero-order chi connectivity index (χ0) is 58.2. The molecule has 2 aliphatic heterocycles. The standard InChI is InChI=1S/C57H78F6O16S2/c1-41(39-76-35-33-74-31-29-72-27-25-70-23-21-68-19-17-66-15-13-64)78-45-9-5-43(6-10-45)49-37-47-51-52(56(60,61)57(62,63)55(51,58)59)48-38-50(81-54(48,4)53(47,3)80-49)44-7-11-46(12-8-44)79-42(2)40-77-36-34-75-32-30-73-28-26-71-24-22-69-20-18-67-16-14-65/h5-12,37-38,41-42,64-65H,13-36,39-40H2,1-4H3/t41-,42-,53?,54?/m0/s1. The van der Waals surface area contributed by atoms with Crippen LogP contribution >= 0.6 is 23.5 Å². The molecule has 0 radical (unpaired) electrons. The van der Waals surface area contributed by atoms with E-state index in [9.17, 15) is 0 Å². The van der Waals surface area contributed by atoms with Gasteiger partial charge in [0.2, 0.25) is 0 Å². The van der Waals surface area contributed by atoms with Gasteiger partial charge in [0.15, 0.2) is 0 Å². The first-order chi connectivity index (χ1) is 39.0. The third-order valence-corrected chi connectivity index (χ3v) is 16.5. The highest BCUT2D eigenvalue weighted by atomic mass is 32.2. The van der Waals surface area contributed by atoms with E-state index >= 15 is 26.3 Å². The molecule has 4 atom stereocenters. The molecule has 4 aliphatic rings. The highest BCUT2D eigenvalue weighted by molar-refractivity contribution is 8.14. The number of ether oxygens (including phenoxy) is 14. The molecule has 0 saturated heterocycles. The second kappa shape index (κ2) is 33.4. The van der Waals surface area contributed by atoms with Gasteiger partial charge < -0.3 is 76.5 Å². The number of aliphatic hydroxyl groups excluding tert-OH is 2. The lowest BCUT2D eigenvalue weighted by molar-refractivity contribution is -0.258. The summed E-state index contributed by atoms with van der Waals surface area (Å²) in [5.41, 5.74) is -2.03. The number of fused-ring (bicyclic) bond motifs is 4. The van der Waals surface area contributed by atoms with Crippen LogP contribution in [0.4, 0.5) is 26.3 Å². The Hall–Kier alpha value is -3.28. The Labute approximate surface area is 479 Å². The van der Waals surface area contributed by atoms with Gasteiger partial charge >= 0.3 is 17.8 Å². The molecule has 2 unspecified atom stereocenters. The van der Waals surface area contributed by atoms with Crippen LogP contribution in [0.5, 0.6) is 11.5 Å². The number of thioether (sulfide) groups is 2. The van der Waals surface area contributed by atoms with Crippen molar-refractivity contribution in [3.63, 3.8) is 0 Å². The Morgan fingerprint density at radius 1 is 0.383 bits per heavy atom. The SMILES string of the molecule is C[C@@H](COCCOCCOCCOCCOCCOCCO)Oc1ccc(C2=CC3=C4C(=C5C=C(c6ccc(O[C@@H](C)COCCOCCOCCOCCOCCOCCO)cc6)SC5(C)C3(C)S2)C(F)(F)C(F)(F)C4(F)F)cc1. The minimum absolute atomic E-state index is 0.0188. The highest BCUT2D eigenvalue weighted by Gasteiger charge is 2.84. The second-order valence-electron chi connectivity index (χ2n) is 19.2. The van der Waals surface area contributed by atoms with E-state index in [4.69, 9.17) is 76.5 Å². The fraction of sp³-hybridized carbons (Fsp3) is 0.649. The van der Waals surface area contributed by atoms with E-state index in [2.05, 4.69) is 0 Å². The van der Waals surface area contributed by atoms with Crippen molar-refractivity contribution in [2.45, 2.75) is 67.2 Å². The molecule has 456 valence electrons. The quantitative estimate of drug-likeness (QED) is 0.0479. The van der Waals surface area contributed by atoms with Crippen LogP contribution in [-0.2, 0) is 56.8 Å². The first-order valence-corrected chi connectivity index (χ1v) is 28.8. The molecule has 2 aromatic rings. The molecule has 16 nitrogen and oxygen atoms in total. The second-order valence-corrected chi connectivity index (χ2v) is 22.1. The zero-order valence-electron chi connectivity index (χ0n) is 46.5. The predicted octanol–water partition coefficient (Wildman–Crippen LogP) is 8.32. The molecule has 2 aromatic carbocycles. The molecular formula is C57H78F6O16S2. The van der Waals surface area contributed by atoms with Gasteiger partial charge in [-0.2, -0.15) is 26.3 Å². The van der Waals surface area contributed by atoms with E-state index in [1.54, 1.807) is 62.4 Å². The molecule has 2 N–H and O–H groups in total. The third-order valence-electron chi connectivity index (χ3n) is 13.2. The summed E-state index contributed by atoms with van der Waals surface area (Å²) >= 11 is 2.37. The lowest BCUT2D eigenvalue weighted by atomic mass is 9.71. The molecule has 2 aliphatic carbocycles. The van der Waals surface area contributed by atoms with Gasteiger partial charge in [-0.1, -0.05) is 24.3 Å². The molecule has 24 heteroatoms. The Kier molecular flexibility index (Phi) is 27.6. The van der Waals surface area contributed by atoms with Crippen molar-refractivity contribution in [1.29, 1.82) is 0 Å². The van der Waals surface area contributed by atoms with Gasteiger partial charge in [-0.05, 0) is 86.4 Å². The summed E-state index contributed by atoms with van der Waals surface area (Å²) < 4.78 is 170. The number of alkyl halides is 6. The topological polar surface area (TPSA) is 170 Å². The molecule has 0 bridgehead atoms. The van der Waals surface area contributed by atoms with Crippen molar-refractivity contribution in [3.05, 3.63) is 94.1 Å². The number of benzene rings is 2. The first kappa shape index (κ1) is 66.9.